The highest BCUT2D eigenvalue weighted by molar-refractivity contribution is 6.07. The summed E-state index contributed by atoms with van der Waals surface area (Å²) in [5, 5.41) is 6.52. The summed E-state index contributed by atoms with van der Waals surface area (Å²) in [5.41, 5.74) is 2.01. The van der Waals surface area contributed by atoms with E-state index >= 15 is 0 Å². The van der Waals surface area contributed by atoms with Gasteiger partial charge in [-0.05, 0) is 49.8 Å². The number of hydrazone groups is 1. The highest BCUT2D eigenvalue weighted by atomic mass is 16.5. The number of rotatable bonds is 5. The summed E-state index contributed by atoms with van der Waals surface area (Å²) in [7, 11) is 3.27. The number of hydrogen-bond donors (Lipinski definition) is 0. The third-order valence-corrected chi connectivity index (χ3v) is 5.39. The number of benzene rings is 1. The summed E-state index contributed by atoms with van der Waals surface area (Å²) in [5.74, 6) is 2.35. The van der Waals surface area contributed by atoms with Crippen molar-refractivity contribution < 1.29 is 14.3 Å². The van der Waals surface area contributed by atoms with Gasteiger partial charge in [-0.15, -0.1) is 0 Å². The van der Waals surface area contributed by atoms with Gasteiger partial charge in [0.25, 0.3) is 0 Å². The molecule has 0 saturated heterocycles. The van der Waals surface area contributed by atoms with Gasteiger partial charge in [-0.25, -0.2) is 5.01 Å². The van der Waals surface area contributed by atoms with Crippen LogP contribution in [-0.4, -0.2) is 37.4 Å². The van der Waals surface area contributed by atoms with Crippen molar-refractivity contribution in [3.05, 3.63) is 35.9 Å². The Morgan fingerprint density at radius 1 is 1.08 bits per heavy atom. The van der Waals surface area contributed by atoms with Gasteiger partial charge in [-0.1, -0.05) is 12.2 Å². The molecule has 1 aliphatic heterocycles. The molecule has 5 nitrogen and oxygen atoms in total. The number of fused-ring (bicyclic) bond motifs is 1. The Balaban J connectivity index is 1.73. The maximum absolute atomic E-state index is 12.9. The molecule has 1 aromatic rings. The fourth-order valence-electron chi connectivity index (χ4n) is 3.78. The molecule has 2 aliphatic carbocycles. The maximum Gasteiger partial charge on any atom is 0.246 e. The number of methoxy groups -OCH3 is 2. The van der Waals surface area contributed by atoms with E-state index in [-0.39, 0.29) is 17.7 Å². The standard InChI is InChI=1S/C20H24N2O3/c1-24-17-10-9-14(11-18(17)25-2)19-15-5-3-4-6-16(15)20(23)22(21-19)12-13-7-8-13/h3-4,9-11,13,15-16H,5-8,12H2,1-2H3. The van der Waals surface area contributed by atoms with Crippen molar-refractivity contribution in [3.63, 3.8) is 0 Å². The fourth-order valence-corrected chi connectivity index (χ4v) is 3.78. The second kappa shape index (κ2) is 6.54. The van der Waals surface area contributed by atoms with E-state index in [4.69, 9.17) is 14.6 Å². The van der Waals surface area contributed by atoms with Crippen molar-refractivity contribution in [2.45, 2.75) is 25.7 Å². The minimum Gasteiger partial charge on any atom is -0.493 e. The molecule has 132 valence electrons. The van der Waals surface area contributed by atoms with E-state index in [0.717, 1.165) is 30.7 Å². The molecule has 1 amide bonds. The highest BCUT2D eigenvalue weighted by Crippen LogP contribution is 2.38. The van der Waals surface area contributed by atoms with E-state index in [0.29, 0.717) is 17.4 Å². The molecule has 0 spiro atoms. The number of carbonyl (C=O) groups excluding carboxylic acids is 1. The SMILES string of the molecule is COc1ccc(C2=NN(CC3CC3)C(=O)C3CC=CCC23)cc1OC. The Kier molecular flexibility index (Phi) is 4.24. The molecule has 0 aromatic heterocycles. The molecule has 2 atom stereocenters. The van der Waals surface area contributed by atoms with Crippen LogP contribution in [0.5, 0.6) is 11.5 Å². The molecule has 4 rings (SSSR count). The molecule has 25 heavy (non-hydrogen) atoms. The van der Waals surface area contributed by atoms with Crippen LogP contribution >= 0.6 is 0 Å². The lowest BCUT2D eigenvalue weighted by atomic mass is 9.76. The third-order valence-electron chi connectivity index (χ3n) is 5.39. The average molecular weight is 340 g/mol. The van der Waals surface area contributed by atoms with Gasteiger partial charge >= 0.3 is 0 Å². The Labute approximate surface area is 148 Å². The van der Waals surface area contributed by atoms with Crippen LogP contribution in [0.1, 0.15) is 31.2 Å². The van der Waals surface area contributed by atoms with E-state index in [9.17, 15) is 4.79 Å². The first-order valence-corrected chi connectivity index (χ1v) is 8.98. The van der Waals surface area contributed by atoms with Crippen molar-refractivity contribution in [3.8, 4) is 11.5 Å². The maximum atomic E-state index is 12.9. The lowest BCUT2D eigenvalue weighted by Crippen LogP contribution is -2.46. The zero-order chi connectivity index (χ0) is 17.4. The van der Waals surface area contributed by atoms with Crippen LogP contribution in [0.2, 0.25) is 0 Å². The van der Waals surface area contributed by atoms with Gasteiger partial charge < -0.3 is 9.47 Å². The molecule has 2 unspecified atom stereocenters. The zero-order valence-corrected chi connectivity index (χ0v) is 14.8. The first-order chi connectivity index (χ1) is 12.2. The van der Waals surface area contributed by atoms with Gasteiger partial charge in [-0.3, -0.25) is 4.79 Å². The summed E-state index contributed by atoms with van der Waals surface area (Å²) in [4.78, 5) is 12.9. The predicted molar refractivity (Wildman–Crippen MR) is 95.9 cm³/mol. The summed E-state index contributed by atoms with van der Waals surface area (Å²) in [6, 6.07) is 5.89. The van der Waals surface area contributed by atoms with E-state index in [1.54, 1.807) is 19.2 Å². The molecular formula is C20H24N2O3. The fraction of sp³-hybridized carbons (Fsp3) is 0.500. The molecule has 0 N–H and O–H groups in total. The molecule has 5 heteroatoms. The number of amides is 1. The lowest BCUT2D eigenvalue weighted by Gasteiger charge is -2.37. The van der Waals surface area contributed by atoms with E-state index in [1.807, 2.05) is 18.2 Å². The van der Waals surface area contributed by atoms with Crippen LogP contribution in [0, 0.1) is 17.8 Å². The summed E-state index contributed by atoms with van der Waals surface area (Å²) < 4.78 is 10.8. The largest absolute Gasteiger partial charge is 0.493 e. The summed E-state index contributed by atoms with van der Waals surface area (Å²) in [6.45, 7) is 0.753. The van der Waals surface area contributed by atoms with Crippen molar-refractivity contribution in [1.29, 1.82) is 0 Å². The Morgan fingerprint density at radius 3 is 2.48 bits per heavy atom. The summed E-state index contributed by atoms with van der Waals surface area (Å²) in [6.07, 6.45) is 8.38. The predicted octanol–water partition coefficient (Wildman–Crippen LogP) is 3.24. The van der Waals surface area contributed by atoms with Gasteiger partial charge in [0.15, 0.2) is 11.5 Å². The van der Waals surface area contributed by atoms with E-state index < -0.39 is 0 Å². The minimum atomic E-state index is 0.00402. The molecule has 1 heterocycles. The first kappa shape index (κ1) is 16.2. The Bertz CT molecular complexity index is 736. The van der Waals surface area contributed by atoms with Crippen LogP contribution in [0.25, 0.3) is 0 Å². The normalized spacial score (nSPS) is 25.4. The van der Waals surface area contributed by atoms with Crippen molar-refractivity contribution in [2.24, 2.45) is 22.9 Å². The van der Waals surface area contributed by atoms with Crippen molar-refractivity contribution in [1.82, 2.24) is 5.01 Å². The monoisotopic (exact) mass is 340 g/mol. The zero-order valence-electron chi connectivity index (χ0n) is 14.8. The molecular weight excluding hydrogens is 316 g/mol. The van der Waals surface area contributed by atoms with Crippen molar-refractivity contribution >= 4 is 11.6 Å². The van der Waals surface area contributed by atoms with Crippen molar-refractivity contribution in [2.75, 3.05) is 20.8 Å². The molecule has 0 bridgehead atoms. The second-order valence-corrected chi connectivity index (χ2v) is 7.07. The number of ether oxygens (including phenoxy) is 2. The number of hydrogen-bond acceptors (Lipinski definition) is 4. The summed E-state index contributed by atoms with van der Waals surface area (Å²) >= 11 is 0. The minimum absolute atomic E-state index is 0.00402. The van der Waals surface area contributed by atoms with Crippen LogP contribution in [0.4, 0.5) is 0 Å². The van der Waals surface area contributed by atoms with Crippen LogP contribution < -0.4 is 9.47 Å². The average Bonchev–Trinajstić information content (AvgIpc) is 3.47. The highest BCUT2D eigenvalue weighted by Gasteiger charge is 2.41. The molecule has 0 radical (unpaired) electrons. The van der Waals surface area contributed by atoms with Crippen LogP contribution in [0.3, 0.4) is 0 Å². The number of nitrogens with zero attached hydrogens (tertiary/aromatic N) is 2. The molecule has 1 saturated carbocycles. The Hall–Kier alpha value is -2.30. The van der Waals surface area contributed by atoms with Gasteiger partial charge in [0, 0.05) is 18.0 Å². The van der Waals surface area contributed by atoms with Crippen LogP contribution in [-0.2, 0) is 4.79 Å². The molecule has 1 fully saturated rings. The van der Waals surface area contributed by atoms with Gasteiger partial charge in [0.2, 0.25) is 5.91 Å². The number of carbonyl (C=O) groups is 1. The van der Waals surface area contributed by atoms with Crippen LogP contribution in [0.15, 0.2) is 35.5 Å². The van der Waals surface area contributed by atoms with E-state index in [1.165, 1.54) is 12.8 Å². The van der Waals surface area contributed by atoms with Gasteiger partial charge in [-0.2, -0.15) is 5.10 Å². The third kappa shape index (κ3) is 3.03. The quantitative estimate of drug-likeness (QED) is 0.773. The Morgan fingerprint density at radius 2 is 1.80 bits per heavy atom. The lowest BCUT2D eigenvalue weighted by molar-refractivity contribution is -0.138. The van der Waals surface area contributed by atoms with Gasteiger partial charge in [0.05, 0.1) is 25.8 Å². The van der Waals surface area contributed by atoms with E-state index in [2.05, 4.69) is 12.2 Å². The second-order valence-electron chi connectivity index (χ2n) is 7.07. The first-order valence-electron chi connectivity index (χ1n) is 8.98. The smallest absolute Gasteiger partial charge is 0.246 e. The number of allylic oxidation sites excluding steroid dienone is 2. The van der Waals surface area contributed by atoms with Gasteiger partial charge in [0.1, 0.15) is 0 Å². The molecule has 1 aromatic carbocycles. The molecule has 3 aliphatic rings. The topological polar surface area (TPSA) is 51.1 Å².